The molecule has 1 N–H and O–H groups in total. The molecule has 1 aliphatic heterocycles. The first-order valence-corrected chi connectivity index (χ1v) is 10.9. The number of rotatable bonds is 10. The molecule has 1 atom stereocenters. The van der Waals surface area contributed by atoms with E-state index in [4.69, 9.17) is 9.47 Å². The second-order valence-electron chi connectivity index (χ2n) is 7.59. The van der Waals surface area contributed by atoms with Crippen LogP contribution >= 0.6 is 24.0 Å². The molecule has 1 saturated heterocycles. The van der Waals surface area contributed by atoms with Gasteiger partial charge in [-0.15, -0.1) is 24.0 Å². The van der Waals surface area contributed by atoms with E-state index in [0.717, 1.165) is 31.0 Å². The van der Waals surface area contributed by atoms with Crippen LogP contribution in [-0.2, 0) is 17.9 Å². The summed E-state index contributed by atoms with van der Waals surface area (Å²) in [5.74, 6) is 1.60. The molecule has 1 aliphatic rings. The Hall–Kier alpha value is -2.14. The molecule has 2 aromatic carbocycles. The fraction of sp³-hybridized carbons (Fsp3) is 0.458. The van der Waals surface area contributed by atoms with Crippen LogP contribution in [0, 0.1) is 5.92 Å². The Morgan fingerprint density at radius 3 is 2.64 bits per heavy atom. The third-order valence-electron chi connectivity index (χ3n) is 5.24. The van der Waals surface area contributed by atoms with Gasteiger partial charge in [-0.1, -0.05) is 36.4 Å². The van der Waals surface area contributed by atoms with E-state index in [9.17, 15) is 8.78 Å². The Morgan fingerprint density at radius 1 is 1.15 bits per heavy atom. The van der Waals surface area contributed by atoms with E-state index in [0.29, 0.717) is 38.0 Å². The third kappa shape index (κ3) is 8.62. The molecule has 0 saturated carbocycles. The standard InChI is InChI=1S/C24H31F2N3O3.HI/c1-3-31-22-13-19(9-10-21(22)32-23(25)26)14-28-24(27-2)29-12-11-20(15-29)17-30-16-18-7-5-4-6-8-18;/h4-10,13,20,23H,3,11-12,14-17H2,1-2H3,(H,27,28);1H. The Kier molecular flexibility index (Phi) is 11.7. The Labute approximate surface area is 211 Å². The van der Waals surface area contributed by atoms with Crippen molar-refractivity contribution in [3.8, 4) is 11.5 Å². The molecule has 1 unspecified atom stereocenters. The van der Waals surface area contributed by atoms with Gasteiger partial charge in [-0.3, -0.25) is 4.99 Å². The zero-order valence-electron chi connectivity index (χ0n) is 19.0. The molecular formula is C24H32F2IN3O3. The first kappa shape index (κ1) is 27.1. The highest BCUT2D eigenvalue weighted by molar-refractivity contribution is 14.0. The van der Waals surface area contributed by atoms with Crippen molar-refractivity contribution in [2.45, 2.75) is 33.1 Å². The van der Waals surface area contributed by atoms with Gasteiger partial charge in [0, 0.05) is 32.6 Å². The highest BCUT2D eigenvalue weighted by Crippen LogP contribution is 2.30. The van der Waals surface area contributed by atoms with Crippen LogP contribution in [0.5, 0.6) is 11.5 Å². The van der Waals surface area contributed by atoms with Crippen LogP contribution in [0.1, 0.15) is 24.5 Å². The van der Waals surface area contributed by atoms with E-state index in [2.05, 4.69) is 32.1 Å². The van der Waals surface area contributed by atoms with Crippen LogP contribution in [0.25, 0.3) is 0 Å². The minimum atomic E-state index is -2.89. The highest BCUT2D eigenvalue weighted by Gasteiger charge is 2.25. The Morgan fingerprint density at radius 2 is 1.94 bits per heavy atom. The first-order valence-electron chi connectivity index (χ1n) is 10.9. The van der Waals surface area contributed by atoms with Crippen LogP contribution in [0.3, 0.4) is 0 Å². The lowest BCUT2D eigenvalue weighted by Gasteiger charge is -2.22. The Balaban J connectivity index is 0.00000385. The minimum absolute atomic E-state index is 0. The molecule has 0 bridgehead atoms. The summed E-state index contributed by atoms with van der Waals surface area (Å²) in [6.45, 7) is 2.88. The van der Waals surface area contributed by atoms with Crippen LogP contribution in [0.4, 0.5) is 8.78 Å². The number of ether oxygens (including phenoxy) is 3. The molecule has 9 heteroatoms. The van der Waals surface area contributed by atoms with Gasteiger partial charge in [0.25, 0.3) is 0 Å². The fourth-order valence-electron chi connectivity index (χ4n) is 3.72. The van der Waals surface area contributed by atoms with Crippen molar-refractivity contribution in [3.05, 3.63) is 59.7 Å². The van der Waals surface area contributed by atoms with E-state index in [1.165, 1.54) is 11.6 Å². The molecule has 182 valence electrons. The van der Waals surface area contributed by atoms with E-state index in [1.807, 2.05) is 18.2 Å². The lowest BCUT2D eigenvalue weighted by molar-refractivity contribution is -0.0514. The largest absolute Gasteiger partial charge is 0.490 e. The predicted molar refractivity (Wildman–Crippen MR) is 136 cm³/mol. The van der Waals surface area contributed by atoms with Gasteiger partial charge in [-0.2, -0.15) is 8.78 Å². The predicted octanol–water partition coefficient (Wildman–Crippen LogP) is 4.92. The van der Waals surface area contributed by atoms with Gasteiger partial charge in [0.1, 0.15) is 0 Å². The number of nitrogens with zero attached hydrogens (tertiary/aromatic N) is 2. The lowest BCUT2D eigenvalue weighted by atomic mass is 10.1. The number of halogens is 3. The van der Waals surface area contributed by atoms with Gasteiger partial charge < -0.3 is 24.4 Å². The normalized spacial score (nSPS) is 16.0. The summed E-state index contributed by atoms with van der Waals surface area (Å²) >= 11 is 0. The van der Waals surface area contributed by atoms with Gasteiger partial charge in [-0.05, 0) is 36.6 Å². The topological polar surface area (TPSA) is 55.3 Å². The number of likely N-dealkylation sites (tertiary alicyclic amines) is 1. The van der Waals surface area contributed by atoms with Gasteiger partial charge in [0.2, 0.25) is 0 Å². The molecule has 1 fully saturated rings. The summed E-state index contributed by atoms with van der Waals surface area (Å²) in [5.41, 5.74) is 2.06. The van der Waals surface area contributed by atoms with Crippen molar-refractivity contribution >= 4 is 29.9 Å². The molecule has 0 amide bonds. The number of nitrogens with one attached hydrogen (secondary N) is 1. The van der Waals surface area contributed by atoms with E-state index >= 15 is 0 Å². The van der Waals surface area contributed by atoms with Crippen molar-refractivity contribution in [1.82, 2.24) is 10.2 Å². The number of alkyl halides is 2. The number of benzene rings is 2. The fourth-order valence-corrected chi connectivity index (χ4v) is 3.72. The summed E-state index contributed by atoms with van der Waals surface area (Å²) in [5, 5.41) is 3.35. The van der Waals surface area contributed by atoms with E-state index in [-0.39, 0.29) is 29.7 Å². The lowest BCUT2D eigenvalue weighted by Crippen LogP contribution is -2.39. The van der Waals surface area contributed by atoms with Crippen LogP contribution in [0.2, 0.25) is 0 Å². The maximum absolute atomic E-state index is 12.6. The van der Waals surface area contributed by atoms with Gasteiger partial charge >= 0.3 is 6.61 Å². The van der Waals surface area contributed by atoms with Crippen LogP contribution in [-0.4, -0.2) is 50.8 Å². The van der Waals surface area contributed by atoms with Gasteiger partial charge in [-0.25, -0.2) is 0 Å². The summed E-state index contributed by atoms with van der Waals surface area (Å²) in [6.07, 6.45) is 1.05. The molecule has 33 heavy (non-hydrogen) atoms. The van der Waals surface area contributed by atoms with Crippen molar-refractivity contribution in [1.29, 1.82) is 0 Å². The van der Waals surface area contributed by atoms with E-state index in [1.54, 1.807) is 26.1 Å². The molecule has 1 heterocycles. The summed E-state index contributed by atoms with van der Waals surface area (Å²) < 4.78 is 41.1. The van der Waals surface area contributed by atoms with Gasteiger partial charge in [0.05, 0.1) is 19.8 Å². The zero-order valence-corrected chi connectivity index (χ0v) is 21.3. The van der Waals surface area contributed by atoms with E-state index < -0.39 is 6.61 Å². The number of hydrogen-bond acceptors (Lipinski definition) is 4. The molecule has 2 aromatic rings. The van der Waals surface area contributed by atoms with Crippen LogP contribution < -0.4 is 14.8 Å². The summed E-state index contributed by atoms with van der Waals surface area (Å²) in [6, 6.07) is 15.1. The molecule has 3 rings (SSSR count). The monoisotopic (exact) mass is 575 g/mol. The average Bonchev–Trinajstić information content (AvgIpc) is 3.25. The number of guanidine groups is 1. The molecule has 0 aliphatic carbocycles. The van der Waals surface area contributed by atoms with Gasteiger partial charge in [0.15, 0.2) is 17.5 Å². The third-order valence-corrected chi connectivity index (χ3v) is 5.24. The number of aliphatic imine (C=N–C) groups is 1. The maximum Gasteiger partial charge on any atom is 0.387 e. The maximum atomic E-state index is 12.6. The SMILES string of the molecule is CCOc1cc(CNC(=NC)N2CCC(COCc3ccccc3)C2)ccc1OC(F)F.I. The van der Waals surface area contributed by atoms with Crippen LogP contribution in [0.15, 0.2) is 53.5 Å². The molecule has 0 radical (unpaired) electrons. The zero-order chi connectivity index (χ0) is 22.8. The average molecular weight is 575 g/mol. The van der Waals surface area contributed by atoms with Crippen molar-refractivity contribution < 1.29 is 23.0 Å². The number of hydrogen-bond donors (Lipinski definition) is 1. The quantitative estimate of drug-likeness (QED) is 0.248. The van der Waals surface area contributed by atoms with Crippen molar-refractivity contribution in [2.24, 2.45) is 10.9 Å². The molecular weight excluding hydrogens is 543 g/mol. The van der Waals surface area contributed by atoms with Crippen molar-refractivity contribution in [3.63, 3.8) is 0 Å². The first-order chi connectivity index (χ1) is 15.6. The minimum Gasteiger partial charge on any atom is -0.490 e. The smallest absolute Gasteiger partial charge is 0.387 e. The second kappa shape index (κ2) is 14.2. The molecule has 0 aromatic heterocycles. The summed E-state index contributed by atoms with van der Waals surface area (Å²) in [7, 11) is 1.76. The molecule has 0 spiro atoms. The second-order valence-corrected chi connectivity index (χ2v) is 7.59. The Bertz CT molecular complexity index is 871. The highest BCUT2D eigenvalue weighted by atomic mass is 127. The summed E-state index contributed by atoms with van der Waals surface area (Å²) in [4.78, 5) is 6.62. The molecule has 6 nitrogen and oxygen atoms in total. The van der Waals surface area contributed by atoms with Crippen molar-refractivity contribution in [2.75, 3.05) is 33.4 Å².